The number of nitrogens with one attached hydrogen (secondary N) is 1. The number of anilines is 3. The van der Waals surface area contributed by atoms with E-state index in [1.807, 2.05) is 11.6 Å². The van der Waals surface area contributed by atoms with Crippen molar-refractivity contribution in [3.63, 3.8) is 0 Å². The lowest BCUT2D eigenvalue weighted by atomic mass is 10.2. The van der Waals surface area contributed by atoms with E-state index in [4.69, 9.17) is 5.73 Å². The minimum atomic E-state index is 0.703. The first kappa shape index (κ1) is 11.7. The molecular formula is C15H11N3S2. The third kappa shape index (κ3) is 1.83. The molecule has 0 aliphatic heterocycles. The third-order valence-electron chi connectivity index (χ3n) is 3.27. The van der Waals surface area contributed by atoms with Crippen LogP contribution in [0, 0.1) is 0 Å². The number of thiophene rings is 1. The maximum Gasteiger partial charge on any atom is 0.106 e. The van der Waals surface area contributed by atoms with Crippen LogP contribution in [-0.2, 0) is 0 Å². The van der Waals surface area contributed by atoms with E-state index < -0.39 is 0 Å². The van der Waals surface area contributed by atoms with Crippen molar-refractivity contribution in [2.24, 2.45) is 0 Å². The van der Waals surface area contributed by atoms with Crippen LogP contribution in [0.5, 0.6) is 0 Å². The van der Waals surface area contributed by atoms with Crippen molar-refractivity contribution in [3.8, 4) is 0 Å². The van der Waals surface area contributed by atoms with E-state index >= 15 is 0 Å². The van der Waals surface area contributed by atoms with Gasteiger partial charge < -0.3 is 11.1 Å². The normalized spacial score (nSPS) is 11.2. The van der Waals surface area contributed by atoms with Crippen molar-refractivity contribution >= 4 is 60.0 Å². The summed E-state index contributed by atoms with van der Waals surface area (Å²) < 4.78 is 2.40. The first-order valence-electron chi connectivity index (χ1n) is 6.17. The van der Waals surface area contributed by atoms with Gasteiger partial charge in [-0.05, 0) is 47.2 Å². The molecule has 98 valence electrons. The maximum atomic E-state index is 6.19. The molecule has 0 amide bonds. The molecule has 20 heavy (non-hydrogen) atoms. The predicted octanol–water partition coefficient (Wildman–Crippen LogP) is 4.84. The number of nitrogen functional groups attached to an aromatic ring is 1. The molecule has 0 radical (unpaired) electrons. The van der Waals surface area contributed by atoms with Crippen LogP contribution in [0.15, 0.2) is 47.3 Å². The monoisotopic (exact) mass is 297 g/mol. The Morgan fingerprint density at radius 3 is 2.85 bits per heavy atom. The quantitative estimate of drug-likeness (QED) is 0.521. The van der Waals surface area contributed by atoms with Crippen molar-refractivity contribution in [1.82, 2.24) is 4.98 Å². The molecule has 4 rings (SSSR count). The number of fused-ring (bicyclic) bond motifs is 2. The number of hydrogen-bond acceptors (Lipinski definition) is 5. The molecule has 0 aliphatic rings. The molecule has 0 atom stereocenters. The summed E-state index contributed by atoms with van der Waals surface area (Å²) in [6, 6.07) is 12.5. The van der Waals surface area contributed by atoms with E-state index in [1.54, 1.807) is 22.7 Å². The Morgan fingerprint density at radius 1 is 1.00 bits per heavy atom. The largest absolute Gasteiger partial charge is 0.395 e. The van der Waals surface area contributed by atoms with Crippen LogP contribution in [0.1, 0.15) is 0 Å². The van der Waals surface area contributed by atoms with Crippen LogP contribution >= 0.6 is 22.7 Å². The zero-order valence-corrected chi connectivity index (χ0v) is 12.1. The molecule has 4 aromatic rings. The summed E-state index contributed by atoms with van der Waals surface area (Å²) in [6.45, 7) is 0. The highest BCUT2D eigenvalue weighted by Gasteiger charge is 2.07. The van der Waals surface area contributed by atoms with Gasteiger partial charge in [0.05, 0.1) is 21.6 Å². The van der Waals surface area contributed by atoms with Crippen LogP contribution in [0.4, 0.5) is 17.1 Å². The third-order valence-corrected chi connectivity index (χ3v) is 4.97. The average Bonchev–Trinajstić information content (AvgIpc) is 3.10. The van der Waals surface area contributed by atoms with Crippen LogP contribution in [-0.4, -0.2) is 4.98 Å². The molecule has 3 N–H and O–H groups in total. The van der Waals surface area contributed by atoms with E-state index in [0.717, 1.165) is 21.6 Å². The molecule has 2 aromatic carbocycles. The van der Waals surface area contributed by atoms with Gasteiger partial charge >= 0.3 is 0 Å². The van der Waals surface area contributed by atoms with Gasteiger partial charge in [0, 0.05) is 10.4 Å². The van der Waals surface area contributed by atoms with Gasteiger partial charge in [0.25, 0.3) is 0 Å². The number of thiazole rings is 1. The SMILES string of the molecule is Nc1c(Nc2ccc3sccc3c2)ccc2scnc12. The van der Waals surface area contributed by atoms with Crippen molar-refractivity contribution in [3.05, 3.63) is 47.3 Å². The van der Waals surface area contributed by atoms with Crippen molar-refractivity contribution in [2.45, 2.75) is 0 Å². The van der Waals surface area contributed by atoms with Crippen LogP contribution in [0.3, 0.4) is 0 Å². The minimum Gasteiger partial charge on any atom is -0.395 e. The Kier molecular flexibility index (Phi) is 2.61. The number of nitrogens with zero attached hydrogens (tertiary/aromatic N) is 1. The Balaban J connectivity index is 1.77. The molecule has 0 unspecified atom stereocenters. The Hall–Kier alpha value is -2.11. The van der Waals surface area contributed by atoms with Gasteiger partial charge in [-0.25, -0.2) is 4.98 Å². The van der Waals surface area contributed by atoms with E-state index in [0.29, 0.717) is 5.69 Å². The molecular weight excluding hydrogens is 286 g/mol. The molecule has 0 bridgehead atoms. The number of hydrogen-bond donors (Lipinski definition) is 2. The molecule has 0 fully saturated rings. The summed E-state index contributed by atoms with van der Waals surface area (Å²) in [5, 5.41) is 6.73. The summed E-state index contributed by atoms with van der Waals surface area (Å²) >= 11 is 3.35. The molecule has 0 spiro atoms. The number of aromatic nitrogens is 1. The fourth-order valence-electron chi connectivity index (χ4n) is 2.26. The molecule has 3 nitrogen and oxygen atoms in total. The Bertz CT molecular complexity index is 908. The molecule has 0 saturated carbocycles. The summed E-state index contributed by atoms with van der Waals surface area (Å²) in [6.07, 6.45) is 0. The predicted molar refractivity (Wildman–Crippen MR) is 89.1 cm³/mol. The van der Waals surface area contributed by atoms with E-state index in [9.17, 15) is 0 Å². The number of nitrogens with two attached hydrogens (primary N) is 1. The Morgan fingerprint density at radius 2 is 1.90 bits per heavy atom. The maximum absolute atomic E-state index is 6.19. The lowest BCUT2D eigenvalue weighted by Gasteiger charge is -2.09. The van der Waals surface area contributed by atoms with Crippen LogP contribution < -0.4 is 11.1 Å². The zero-order chi connectivity index (χ0) is 13.5. The van der Waals surface area contributed by atoms with E-state index in [-0.39, 0.29) is 0 Å². The molecule has 0 saturated heterocycles. The second-order valence-corrected chi connectivity index (χ2v) is 6.36. The lowest BCUT2D eigenvalue weighted by molar-refractivity contribution is 1.49. The van der Waals surface area contributed by atoms with Gasteiger partial charge in [0.15, 0.2) is 0 Å². The molecule has 2 heterocycles. The number of rotatable bonds is 2. The highest BCUT2D eigenvalue weighted by molar-refractivity contribution is 7.17. The average molecular weight is 297 g/mol. The topological polar surface area (TPSA) is 50.9 Å². The zero-order valence-electron chi connectivity index (χ0n) is 10.5. The van der Waals surface area contributed by atoms with Gasteiger partial charge in [0.2, 0.25) is 0 Å². The molecule has 2 aromatic heterocycles. The summed E-state index contributed by atoms with van der Waals surface area (Å²) in [4.78, 5) is 4.32. The summed E-state index contributed by atoms with van der Waals surface area (Å²) in [5.74, 6) is 0. The second-order valence-electron chi connectivity index (χ2n) is 4.52. The first-order valence-corrected chi connectivity index (χ1v) is 7.93. The van der Waals surface area contributed by atoms with Crippen molar-refractivity contribution < 1.29 is 0 Å². The van der Waals surface area contributed by atoms with Gasteiger partial charge in [-0.15, -0.1) is 22.7 Å². The van der Waals surface area contributed by atoms with Gasteiger partial charge in [0.1, 0.15) is 5.52 Å². The van der Waals surface area contributed by atoms with Gasteiger partial charge in [-0.1, -0.05) is 0 Å². The van der Waals surface area contributed by atoms with E-state index in [2.05, 4.69) is 46.0 Å². The highest BCUT2D eigenvalue weighted by Crippen LogP contribution is 2.33. The van der Waals surface area contributed by atoms with Gasteiger partial charge in [-0.3, -0.25) is 0 Å². The smallest absolute Gasteiger partial charge is 0.106 e. The van der Waals surface area contributed by atoms with Gasteiger partial charge in [-0.2, -0.15) is 0 Å². The standard InChI is InChI=1S/C15H11N3S2/c16-14-11(2-4-13-15(14)17-8-20-13)18-10-1-3-12-9(7-10)5-6-19-12/h1-8,18H,16H2. The fraction of sp³-hybridized carbons (Fsp3) is 0. The van der Waals surface area contributed by atoms with Crippen molar-refractivity contribution in [1.29, 1.82) is 0 Å². The summed E-state index contributed by atoms with van der Waals surface area (Å²) in [5.41, 5.74) is 11.5. The summed E-state index contributed by atoms with van der Waals surface area (Å²) in [7, 11) is 0. The molecule has 0 aliphatic carbocycles. The molecule has 5 heteroatoms. The lowest BCUT2D eigenvalue weighted by Crippen LogP contribution is -1.96. The second kappa shape index (κ2) is 4.47. The van der Waals surface area contributed by atoms with Crippen LogP contribution in [0.2, 0.25) is 0 Å². The number of benzene rings is 2. The highest BCUT2D eigenvalue weighted by atomic mass is 32.1. The fourth-order valence-corrected chi connectivity index (χ4v) is 3.72. The van der Waals surface area contributed by atoms with E-state index in [1.165, 1.54) is 10.1 Å². The Labute approximate surface area is 123 Å². The minimum absolute atomic E-state index is 0.703. The first-order chi connectivity index (χ1) is 9.81. The van der Waals surface area contributed by atoms with Crippen molar-refractivity contribution in [2.75, 3.05) is 11.1 Å². The van der Waals surface area contributed by atoms with Crippen LogP contribution in [0.25, 0.3) is 20.3 Å².